The maximum absolute atomic E-state index is 13.2. The third kappa shape index (κ3) is 5.32. The van der Waals surface area contributed by atoms with E-state index in [9.17, 15) is 9.59 Å². The van der Waals surface area contributed by atoms with E-state index in [1.807, 2.05) is 25.1 Å². The van der Waals surface area contributed by atoms with E-state index in [1.54, 1.807) is 28.8 Å². The Morgan fingerprint density at radius 2 is 1.97 bits per heavy atom. The molecule has 8 heteroatoms. The van der Waals surface area contributed by atoms with Crippen LogP contribution in [0.3, 0.4) is 0 Å². The molecule has 0 aliphatic carbocycles. The number of hydrogen-bond donors (Lipinski definition) is 1. The number of halogens is 2. The number of aromatic nitrogens is 2. The minimum Gasteiger partial charge on any atom is -0.356 e. The SMILES string of the molecule is CCCNC(=O)CCCSc1nc2ccccc2c(=O)n1-c1ccc(Cl)c(Cl)c1. The van der Waals surface area contributed by atoms with Crippen molar-refractivity contribution in [3.63, 3.8) is 0 Å². The van der Waals surface area contributed by atoms with Crippen LogP contribution in [0, 0.1) is 0 Å². The minimum absolute atomic E-state index is 0.0424. The van der Waals surface area contributed by atoms with E-state index in [0.29, 0.717) is 56.9 Å². The molecule has 0 aliphatic rings. The normalized spacial score (nSPS) is 11.0. The zero-order chi connectivity index (χ0) is 20.8. The molecule has 0 radical (unpaired) electrons. The number of nitrogens with zero attached hydrogens (tertiary/aromatic N) is 2. The van der Waals surface area contributed by atoms with Gasteiger partial charge in [0.05, 0.1) is 26.6 Å². The summed E-state index contributed by atoms with van der Waals surface area (Å²) in [5.74, 6) is 0.701. The number of fused-ring (bicyclic) bond motifs is 1. The van der Waals surface area contributed by atoms with E-state index in [1.165, 1.54) is 11.8 Å². The van der Waals surface area contributed by atoms with E-state index in [2.05, 4.69) is 10.3 Å². The molecule has 3 aromatic rings. The van der Waals surface area contributed by atoms with Crippen LogP contribution in [0.2, 0.25) is 10.0 Å². The van der Waals surface area contributed by atoms with Gasteiger partial charge in [-0.1, -0.05) is 54.0 Å². The number of nitrogens with one attached hydrogen (secondary N) is 1. The highest BCUT2D eigenvalue weighted by molar-refractivity contribution is 7.99. The van der Waals surface area contributed by atoms with Gasteiger partial charge in [0.15, 0.2) is 5.16 Å². The molecule has 1 amide bonds. The van der Waals surface area contributed by atoms with Gasteiger partial charge < -0.3 is 5.32 Å². The van der Waals surface area contributed by atoms with Crippen LogP contribution in [0.5, 0.6) is 0 Å². The van der Waals surface area contributed by atoms with Crippen molar-refractivity contribution >= 4 is 51.8 Å². The standard InChI is InChI=1S/C21H21Cl2N3O2S/c1-2-11-24-19(27)8-5-12-29-21-25-18-7-4-3-6-15(18)20(28)26(21)14-9-10-16(22)17(23)13-14/h3-4,6-7,9-10,13H,2,5,8,11-12H2,1H3,(H,24,27). The Kier molecular flexibility index (Phi) is 7.58. The molecule has 0 fully saturated rings. The molecule has 0 spiro atoms. The monoisotopic (exact) mass is 449 g/mol. The number of carbonyl (C=O) groups excluding carboxylic acids is 1. The largest absolute Gasteiger partial charge is 0.356 e. The minimum atomic E-state index is -0.169. The lowest BCUT2D eigenvalue weighted by Gasteiger charge is -2.14. The fourth-order valence-corrected chi connectivity index (χ4v) is 4.05. The number of thioether (sulfide) groups is 1. The molecule has 152 valence electrons. The maximum atomic E-state index is 13.2. The fraction of sp³-hybridized carbons (Fsp3) is 0.286. The molecule has 0 unspecified atom stereocenters. The lowest BCUT2D eigenvalue weighted by atomic mass is 10.2. The summed E-state index contributed by atoms with van der Waals surface area (Å²) in [4.78, 5) is 29.6. The Bertz CT molecular complexity index is 1090. The first-order valence-corrected chi connectivity index (χ1v) is 11.1. The second-order valence-corrected chi connectivity index (χ2v) is 8.33. The summed E-state index contributed by atoms with van der Waals surface area (Å²) in [6.07, 6.45) is 2.04. The van der Waals surface area contributed by atoms with Gasteiger partial charge in [0, 0.05) is 18.7 Å². The van der Waals surface area contributed by atoms with Crippen molar-refractivity contribution in [1.29, 1.82) is 0 Å². The molecule has 0 aliphatic heterocycles. The Labute approximate surface area is 183 Å². The molecular weight excluding hydrogens is 429 g/mol. The first-order valence-electron chi connectivity index (χ1n) is 9.38. The van der Waals surface area contributed by atoms with Crippen molar-refractivity contribution in [3.05, 3.63) is 62.9 Å². The van der Waals surface area contributed by atoms with Crippen molar-refractivity contribution in [1.82, 2.24) is 14.9 Å². The van der Waals surface area contributed by atoms with Crippen LogP contribution >= 0.6 is 35.0 Å². The van der Waals surface area contributed by atoms with E-state index in [0.717, 1.165) is 6.42 Å². The van der Waals surface area contributed by atoms with Crippen molar-refractivity contribution < 1.29 is 4.79 Å². The van der Waals surface area contributed by atoms with Gasteiger partial charge in [0.2, 0.25) is 5.91 Å². The van der Waals surface area contributed by atoms with Crippen molar-refractivity contribution in [2.45, 2.75) is 31.3 Å². The second kappa shape index (κ2) is 10.1. The molecule has 3 rings (SSSR count). The topological polar surface area (TPSA) is 64.0 Å². The average Bonchev–Trinajstić information content (AvgIpc) is 2.72. The van der Waals surface area contributed by atoms with E-state index >= 15 is 0 Å². The zero-order valence-electron chi connectivity index (χ0n) is 16.0. The first-order chi connectivity index (χ1) is 14.0. The van der Waals surface area contributed by atoms with Crippen LogP contribution in [0.1, 0.15) is 26.2 Å². The summed E-state index contributed by atoms with van der Waals surface area (Å²) in [6.45, 7) is 2.71. The highest BCUT2D eigenvalue weighted by atomic mass is 35.5. The predicted octanol–water partition coefficient (Wildman–Crippen LogP) is 5.09. The van der Waals surface area contributed by atoms with E-state index in [-0.39, 0.29) is 11.5 Å². The summed E-state index contributed by atoms with van der Waals surface area (Å²) in [6, 6.07) is 12.3. The Balaban J connectivity index is 1.90. The van der Waals surface area contributed by atoms with Gasteiger partial charge in [-0.3, -0.25) is 14.2 Å². The van der Waals surface area contributed by atoms with Gasteiger partial charge in [-0.25, -0.2) is 4.98 Å². The van der Waals surface area contributed by atoms with Gasteiger partial charge >= 0.3 is 0 Å². The summed E-state index contributed by atoms with van der Waals surface area (Å²) in [5.41, 5.74) is 1.07. The van der Waals surface area contributed by atoms with E-state index < -0.39 is 0 Å². The lowest BCUT2D eigenvalue weighted by Crippen LogP contribution is -2.24. The molecule has 29 heavy (non-hydrogen) atoms. The van der Waals surface area contributed by atoms with Gasteiger partial charge in [-0.15, -0.1) is 0 Å². The molecule has 1 heterocycles. The molecule has 0 saturated heterocycles. The highest BCUT2D eigenvalue weighted by Gasteiger charge is 2.14. The van der Waals surface area contributed by atoms with Crippen molar-refractivity contribution in [2.75, 3.05) is 12.3 Å². The van der Waals surface area contributed by atoms with Crippen molar-refractivity contribution in [3.8, 4) is 5.69 Å². The third-order valence-corrected chi connectivity index (χ3v) is 6.02. The molecule has 1 N–H and O–H groups in total. The quantitative estimate of drug-likeness (QED) is 0.295. The number of para-hydroxylation sites is 1. The van der Waals surface area contributed by atoms with Crippen molar-refractivity contribution in [2.24, 2.45) is 0 Å². The smallest absolute Gasteiger partial charge is 0.266 e. The first kappa shape index (κ1) is 21.7. The summed E-state index contributed by atoms with van der Waals surface area (Å²) < 4.78 is 1.55. The number of amides is 1. The van der Waals surface area contributed by atoms with Gasteiger partial charge in [0.1, 0.15) is 0 Å². The maximum Gasteiger partial charge on any atom is 0.266 e. The molecule has 2 aromatic carbocycles. The zero-order valence-corrected chi connectivity index (χ0v) is 18.3. The Morgan fingerprint density at radius 1 is 1.17 bits per heavy atom. The molecule has 0 saturated carbocycles. The summed E-state index contributed by atoms with van der Waals surface area (Å²) in [5, 5.41) is 4.74. The summed E-state index contributed by atoms with van der Waals surface area (Å²) >= 11 is 13.6. The average molecular weight is 450 g/mol. The molecule has 5 nitrogen and oxygen atoms in total. The highest BCUT2D eigenvalue weighted by Crippen LogP contribution is 2.27. The summed E-state index contributed by atoms with van der Waals surface area (Å²) in [7, 11) is 0. The Hall–Kier alpha value is -2.02. The van der Waals surface area contributed by atoms with Crippen LogP contribution in [0.25, 0.3) is 16.6 Å². The van der Waals surface area contributed by atoms with Crippen LogP contribution in [-0.2, 0) is 4.79 Å². The molecule has 1 aromatic heterocycles. The molecule has 0 atom stereocenters. The van der Waals surface area contributed by atoms with Gasteiger partial charge in [0.25, 0.3) is 5.56 Å². The van der Waals surface area contributed by atoms with Gasteiger partial charge in [-0.2, -0.15) is 0 Å². The second-order valence-electron chi connectivity index (χ2n) is 6.45. The fourth-order valence-electron chi connectivity index (χ4n) is 2.81. The molecular formula is C21H21Cl2N3O2S. The number of carbonyl (C=O) groups is 1. The van der Waals surface area contributed by atoms with Gasteiger partial charge in [-0.05, 0) is 43.2 Å². The van der Waals surface area contributed by atoms with Crippen LogP contribution < -0.4 is 10.9 Å². The lowest BCUT2D eigenvalue weighted by molar-refractivity contribution is -0.121. The number of benzene rings is 2. The van der Waals surface area contributed by atoms with Crippen LogP contribution in [-0.4, -0.2) is 27.8 Å². The number of hydrogen-bond acceptors (Lipinski definition) is 4. The number of rotatable bonds is 8. The molecule has 0 bridgehead atoms. The van der Waals surface area contributed by atoms with Crippen LogP contribution in [0.4, 0.5) is 0 Å². The van der Waals surface area contributed by atoms with E-state index in [4.69, 9.17) is 23.2 Å². The third-order valence-electron chi connectivity index (χ3n) is 4.26. The predicted molar refractivity (Wildman–Crippen MR) is 121 cm³/mol. The van der Waals surface area contributed by atoms with Crippen LogP contribution in [0.15, 0.2) is 52.4 Å². The Morgan fingerprint density at radius 3 is 2.72 bits per heavy atom.